The standard InChI is InChI=1S/C10H12ClNO5/c1-15-8-5-7(12(13)14)6-9(16-2)10(8)17-4-3-11/h5-6H,3-4H2,1-2H3. The first-order chi connectivity index (χ1) is 8.13. The van der Waals surface area contributed by atoms with E-state index in [0.29, 0.717) is 11.6 Å². The van der Waals surface area contributed by atoms with E-state index < -0.39 is 4.92 Å². The Kier molecular flexibility index (Phi) is 4.84. The Morgan fingerprint density at radius 3 is 2.18 bits per heavy atom. The lowest BCUT2D eigenvalue weighted by Gasteiger charge is -2.13. The van der Waals surface area contributed by atoms with Crippen molar-refractivity contribution in [3.8, 4) is 17.2 Å². The van der Waals surface area contributed by atoms with E-state index in [1.807, 2.05) is 0 Å². The van der Waals surface area contributed by atoms with Crippen molar-refractivity contribution in [2.75, 3.05) is 26.7 Å². The van der Waals surface area contributed by atoms with Crippen LogP contribution in [0.2, 0.25) is 0 Å². The lowest BCUT2D eigenvalue weighted by molar-refractivity contribution is -0.385. The van der Waals surface area contributed by atoms with Crippen LogP contribution < -0.4 is 14.2 Å². The molecule has 0 amide bonds. The summed E-state index contributed by atoms with van der Waals surface area (Å²) in [5.74, 6) is 1.08. The number of rotatable bonds is 6. The molecule has 1 aromatic rings. The fraction of sp³-hybridized carbons (Fsp3) is 0.400. The summed E-state index contributed by atoms with van der Waals surface area (Å²) in [6.45, 7) is 0.256. The van der Waals surface area contributed by atoms with Gasteiger partial charge in [-0.05, 0) is 0 Å². The van der Waals surface area contributed by atoms with Crippen LogP contribution in [-0.4, -0.2) is 31.6 Å². The van der Waals surface area contributed by atoms with E-state index in [0.717, 1.165) is 0 Å². The first kappa shape index (κ1) is 13.4. The van der Waals surface area contributed by atoms with E-state index in [9.17, 15) is 10.1 Å². The Balaban J connectivity index is 3.21. The number of hydrogen-bond acceptors (Lipinski definition) is 5. The lowest BCUT2D eigenvalue weighted by Crippen LogP contribution is -2.03. The molecule has 1 rings (SSSR count). The Hall–Kier alpha value is -1.69. The fourth-order valence-corrected chi connectivity index (χ4v) is 1.33. The van der Waals surface area contributed by atoms with Crippen molar-refractivity contribution < 1.29 is 19.1 Å². The van der Waals surface area contributed by atoms with E-state index in [4.69, 9.17) is 25.8 Å². The van der Waals surface area contributed by atoms with Crippen LogP contribution in [0.5, 0.6) is 17.2 Å². The van der Waals surface area contributed by atoms with Gasteiger partial charge in [0.15, 0.2) is 11.5 Å². The number of ether oxygens (including phenoxy) is 3. The molecular weight excluding hydrogens is 250 g/mol. The first-order valence-electron chi connectivity index (χ1n) is 4.73. The summed E-state index contributed by atoms with van der Waals surface area (Å²) in [5.41, 5.74) is -0.128. The van der Waals surface area contributed by atoms with Gasteiger partial charge in [-0.2, -0.15) is 0 Å². The van der Waals surface area contributed by atoms with Crippen LogP contribution in [0.25, 0.3) is 0 Å². The molecule has 0 unspecified atom stereocenters. The van der Waals surface area contributed by atoms with Gasteiger partial charge in [0.05, 0.1) is 37.2 Å². The summed E-state index contributed by atoms with van der Waals surface area (Å²) in [7, 11) is 2.79. The Morgan fingerprint density at radius 1 is 1.29 bits per heavy atom. The maximum atomic E-state index is 10.7. The second kappa shape index (κ2) is 6.15. The SMILES string of the molecule is COc1cc([N+](=O)[O-])cc(OC)c1OCCCl. The zero-order valence-corrected chi connectivity index (χ0v) is 10.2. The molecule has 0 aliphatic carbocycles. The molecule has 0 atom stereocenters. The Morgan fingerprint density at radius 2 is 1.82 bits per heavy atom. The number of nitro benzene ring substituents is 1. The lowest BCUT2D eigenvalue weighted by atomic mass is 10.2. The van der Waals surface area contributed by atoms with Gasteiger partial charge in [-0.15, -0.1) is 11.6 Å². The van der Waals surface area contributed by atoms with Crippen molar-refractivity contribution in [1.29, 1.82) is 0 Å². The van der Waals surface area contributed by atoms with E-state index in [-0.39, 0.29) is 23.8 Å². The van der Waals surface area contributed by atoms with Crippen molar-refractivity contribution in [2.45, 2.75) is 0 Å². The summed E-state index contributed by atoms with van der Waals surface area (Å²) in [6.07, 6.45) is 0. The molecule has 1 aromatic carbocycles. The maximum Gasteiger partial charge on any atom is 0.277 e. The maximum absolute atomic E-state index is 10.7. The van der Waals surface area contributed by atoms with Crippen molar-refractivity contribution in [3.05, 3.63) is 22.2 Å². The zero-order valence-electron chi connectivity index (χ0n) is 9.44. The molecule has 0 saturated heterocycles. The number of hydrogen-bond donors (Lipinski definition) is 0. The third-order valence-corrected chi connectivity index (χ3v) is 2.13. The minimum absolute atomic E-state index is 0.128. The number of nitro groups is 1. The predicted molar refractivity (Wildman–Crippen MR) is 62.4 cm³/mol. The van der Waals surface area contributed by atoms with Crippen LogP contribution >= 0.6 is 11.6 Å². The molecule has 0 fully saturated rings. The highest BCUT2D eigenvalue weighted by molar-refractivity contribution is 6.18. The molecule has 0 bridgehead atoms. The van der Waals surface area contributed by atoms with Crippen molar-refractivity contribution in [3.63, 3.8) is 0 Å². The van der Waals surface area contributed by atoms with Crippen LogP contribution in [0, 0.1) is 10.1 Å². The summed E-state index contributed by atoms with van der Waals surface area (Å²) in [4.78, 5) is 10.2. The third kappa shape index (κ3) is 3.13. The zero-order chi connectivity index (χ0) is 12.8. The van der Waals surface area contributed by atoms with Gasteiger partial charge in [0.2, 0.25) is 5.75 Å². The summed E-state index contributed by atoms with van der Waals surface area (Å²) < 4.78 is 15.4. The average Bonchev–Trinajstić information content (AvgIpc) is 2.34. The van der Waals surface area contributed by atoms with Crippen molar-refractivity contribution >= 4 is 17.3 Å². The topological polar surface area (TPSA) is 70.8 Å². The molecule has 6 nitrogen and oxygen atoms in total. The van der Waals surface area contributed by atoms with Crippen molar-refractivity contribution in [1.82, 2.24) is 0 Å². The van der Waals surface area contributed by atoms with Gasteiger partial charge in [-0.25, -0.2) is 0 Å². The molecule has 7 heteroatoms. The minimum atomic E-state index is -0.531. The second-order valence-corrected chi connectivity index (χ2v) is 3.35. The molecule has 0 aliphatic heterocycles. The smallest absolute Gasteiger partial charge is 0.277 e. The van der Waals surface area contributed by atoms with E-state index in [1.165, 1.54) is 26.4 Å². The quantitative estimate of drug-likeness (QED) is 0.446. The molecule has 0 heterocycles. The Bertz CT molecular complexity index is 385. The monoisotopic (exact) mass is 261 g/mol. The molecule has 0 saturated carbocycles. The van der Waals surface area contributed by atoms with Gasteiger partial charge >= 0.3 is 0 Å². The van der Waals surface area contributed by atoms with Gasteiger partial charge in [0, 0.05) is 0 Å². The van der Waals surface area contributed by atoms with E-state index in [2.05, 4.69) is 0 Å². The van der Waals surface area contributed by atoms with E-state index >= 15 is 0 Å². The number of alkyl halides is 1. The average molecular weight is 262 g/mol. The number of halogens is 1. The number of non-ortho nitro benzene ring substituents is 1. The number of methoxy groups -OCH3 is 2. The molecule has 0 spiro atoms. The van der Waals surface area contributed by atoms with Gasteiger partial charge < -0.3 is 14.2 Å². The van der Waals surface area contributed by atoms with Crippen LogP contribution in [0.15, 0.2) is 12.1 Å². The third-order valence-electron chi connectivity index (χ3n) is 1.98. The van der Waals surface area contributed by atoms with Crippen molar-refractivity contribution in [2.24, 2.45) is 0 Å². The van der Waals surface area contributed by atoms with Crippen LogP contribution in [0.4, 0.5) is 5.69 Å². The van der Waals surface area contributed by atoms with Gasteiger partial charge in [-0.3, -0.25) is 10.1 Å². The summed E-state index contributed by atoms with van der Waals surface area (Å²) in [6, 6.07) is 2.54. The summed E-state index contributed by atoms with van der Waals surface area (Å²) >= 11 is 5.51. The fourth-order valence-electron chi connectivity index (χ4n) is 1.25. The Labute approximate surface area is 103 Å². The molecule has 94 valence electrons. The highest BCUT2D eigenvalue weighted by Gasteiger charge is 2.19. The number of benzene rings is 1. The van der Waals surface area contributed by atoms with Gasteiger partial charge in [-0.1, -0.05) is 0 Å². The predicted octanol–water partition coefficient (Wildman–Crippen LogP) is 2.23. The normalized spacial score (nSPS) is 9.82. The van der Waals surface area contributed by atoms with E-state index in [1.54, 1.807) is 0 Å². The largest absolute Gasteiger partial charge is 0.492 e. The van der Waals surface area contributed by atoms with Crippen LogP contribution in [-0.2, 0) is 0 Å². The summed E-state index contributed by atoms with van der Waals surface area (Å²) in [5, 5.41) is 10.7. The number of nitrogens with zero attached hydrogens (tertiary/aromatic N) is 1. The first-order valence-corrected chi connectivity index (χ1v) is 5.26. The molecular formula is C10H12ClNO5. The molecule has 0 aromatic heterocycles. The highest BCUT2D eigenvalue weighted by atomic mass is 35.5. The van der Waals surface area contributed by atoms with Gasteiger partial charge in [0.1, 0.15) is 6.61 Å². The van der Waals surface area contributed by atoms with Crippen LogP contribution in [0.3, 0.4) is 0 Å². The van der Waals surface area contributed by atoms with Crippen LogP contribution in [0.1, 0.15) is 0 Å². The molecule has 0 radical (unpaired) electrons. The second-order valence-electron chi connectivity index (χ2n) is 2.97. The molecule has 17 heavy (non-hydrogen) atoms. The highest BCUT2D eigenvalue weighted by Crippen LogP contribution is 2.40. The molecule has 0 N–H and O–H groups in total. The molecule has 0 aliphatic rings. The minimum Gasteiger partial charge on any atom is -0.492 e. The van der Waals surface area contributed by atoms with Gasteiger partial charge in [0.25, 0.3) is 5.69 Å².